The van der Waals surface area contributed by atoms with E-state index >= 15 is 0 Å². The summed E-state index contributed by atoms with van der Waals surface area (Å²) in [5.74, 6) is -1.51. The van der Waals surface area contributed by atoms with E-state index in [1.807, 2.05) is 0 Å². The molecule has 110 valence electrons. The molecule has 3 aromatic rings. The molecule has 0 bridgehead atoms. The van der Waals surface area contributed by atoms with E-state index in [1.165, 1.54) is 0 Å². The summed E-state index contributed by atoms with van der Waals surface area (Å²) in [4.78, 5) is 16.0. The minimum Gasteiger partial charge on any atom is -0.338 e. The molecular weight excluding hydrogens is 290 g/mol. The number of hydrogen-bond acceptors (Lipinski definition) is 4. The molecule has 0 fully saturated rings. The minimum absolute atomic E-state index is 0.0486. The van der Waals surface area contributed by atoms with Gasteiger partial charge in [0.2, 0.25) is 11.7 Å². The lowest BCUT2D eigenvalue weighted by molar-refractivity contribution is 0.0983. The van der Waals surface area contributed by atoms with Gasteiger partial charge in [-0.15, -0.1) is 0 Å². The molecule has 0 aliphatic heterocycles. The number of rotatable bonds is 4. The monoisotopic (exact) mass is 300 g/mol. The second kappa shape index (κ2) is 5.85. The van der Waals surface area contributed by atoms with Crippen molar-refractivity contribution in [3.8, 4) is 11.4 Å². The van der Waals surface area contributed by atoms with Crippen molar-refractivity contribution in [2.45, 2.75) is 6.42 Å². The molecule has 0 atom stereocenters. The zero-order chi connectivity index (χ0) is 15.5. The normalized spacial score (nSPS) is 10.6. The molecule has 0 saturated carbocycles. The van der Waals surface area contributed by atoms with Crippen LogP contribution in [-0.2, 0) is 6.42 Å². The van der Waals surface area contributed by atoms with Crippen LogP contribution in [0.4, 0.5) is 8.78 Å². The Hall–Kier alpha value is -2.89. The summed E-state index contributed by atoms with van der Waals surface area (Å²) in [5, 5.41) is 3.59. The number of carbonyl (C=O) groups is 1. The fourth-order valence-corrected chi connectivity index (χ4v) is 1.97. The summed E-state index contributed by atoms with van der Waals surface area (Å²) in [6, 6.07) is 11.6. The fraction of sp³-hybridized carbons (Fsp3) is 0.0625. The highest BCUT2D eigenvalue weighted by molar-refractivity contribution is 5.96. The first-order chi connectivity index (χ1) is 10.6. The molecule has 0 N–H and O–H groups in total. The van der Waals surface area contributed by atoms with Crippen molar-refractivity contribution < 1.29 is 18.1 Å². The van der Waals surface area contributed by atoms with Crippen LogP contribution >= 0.6 is 0 Å². The quantitative estimate of drug-likeness (QED) is 0.693. The van der Waals surface area contributed by atoms with E-state index in [0.29, 0.717) is 5.56 Å². The molecule has 6 heteroatoms. The molecule has 3 rings (SSSR count). The molecule has 4 nitrogen and oxygen atoms in total. The van der Waals surface area contributed by atoms with Gasteiger partial charge in [-0.1, -0.05) is 35.5 Å². The first kappa shape index (κ1) is 14.1. The average molecular weight is 300 g/mol. The Balaban J connectivity index is 1.82. The summed E-state index contributed by atoms with van der Waals surface area (Å²) < 4.78 is 31.7. The first-order valence-electron chi connectivity index (χ1n) is 6.50. The Morgan fingerprint density at radius 1 is 1.09 bits per heavy atom. The fourth-order valence-electron chi connectivity index (χ4n) is 1.97. The highest BCUT2D eigenvalue weighted by Crippen LogP contribution is 2.21. The third-order valence-corrected chi connectivity index (χ3v) is 3.04. The maximum atomic E-state index is 13.6. The first-order valence-corrected chi connectivity index (χ1v) is 6.50. The zero-order valence-corrected chi connectivity index (χ0v) is 11.3. The molecular formula is C16H10F2N2O2. The Labute approximate surface area is 124 Å². The summed E-state index contributed by atoms with van der Waals surface area (Å²) in [6.45, 7) is 0. The van der Waals surface area contributed by atoms with Gasteiger partial charge in [0.15, 0.2) is 5.78 Å². The molecule has 0 spiro atoms. The number of carbonyl (C=O) groups excluding carboxylic acids is 1. The van der Waals surface area contributed by atoms with Gasteiger partial charge in [0, 0.05) is 5.56 Å². The van der Waals surface area contributed by atoms with Gasteiger partial charge < -0.3 is 4.52 Å². The van der Waals surface area contributed by atoms with Crippen molar-refractivity contribution in [3.63, 3.8) is 0 Å². The van der Waals surface area contributed by atoms with Crippen molar-refractivity contribution in [2.75, 3.05) is 0 Å². The lowest BCUT2D eigenvalue weighted by Crippen LogP contribution is -2.03. The number of ketones is 1. The average Bonchev–Trinajstić information content (AvgIpc) is 2.99. The van der Waals surface area contributed by atoms with Crippen molar-refractivity contribution in [2.24, 2.45) is 0 Å². The molecule has 1 heterocycles. The Morgan fingerprint density at radius 3 is 2.64 bits per heavy atom. The number of Topliss-reactive ketones (excluding diaryl/α,β-unsaturated/α-hetero) is 1. The lowest BCUT2D eigenvalue weighted by atomic mass is 10.1. The van der Waals surface area contributed by atoms with E-state index in [9.17, 15) is 13.6 Å². The van der Waals surface area contributed by atoms with E-state index in [2.05, 4.69) is 10.1 Å². The highest BCUT2D eigenvalue weighted by Gasteiger charge is 2.16. The highest BCUT2D eigenvalue weighted by atomic mass is 19.1. The van der Waals surface area contributed by atoms with Crippen molar-refractivity contribution >= 4 is 5.78 Å². The standard InChI is InChI=1S/C16H10F2N2O2/c17-11-6-7-13(18)12(8-11)16-19-15(22-20-16)9-14(21)10-4-2-1-3-5-10/h1-8H,9H2. The van der Waals surface area contributed by atoms with Crippen molar-refractivity contribution in [3.05, 3.63) is 71.6 Å². The molecule has 0 saturated heterocycles. The predicted octanol–water partition coefficient (Wildman–Crippen LogP) is 3.44. The number of nitrogens with zero attached hydrogens (tertiary/aromatic N) is 2. The van der Waals surface area contributed by atoms with E-state index in [0.717, 1.165) is 18.2 Å². The number of hydrogen-bond donors (Lipinski definition) is 0. The van der Waals surface area contributed by atoms with Gasteiger partial charge in [0.1, 0.15) is 11.6 Å². The third kappa shape index (κ3) is 2.90. The van der Waals surface area contributed by atoms with Gasteiger partial charge in [0.25, 0.3) is 0 Å². The Morgan fingerprint density at radius 2 is 1.86 bits per heavy atom. The second-order valence-corrected chi connectivity index (χ2v) is 4.60. The topological polar surface area (TPSA) is 56.0 Å². The SMILES string of the molecule is O=C(Cc1nc(-c2cc(F)ccc2F)no1)c1ccccc1. The summed E-state index contributed by atoms with van der Waals surface area (Å²) in [6.07, 6.45) is -0.103. The van der Waals surface area contributed by atoms with Gasteiger partial charge in [0.05, 0.1) is 12.0 Å². The van der Waals surface area contributed by atoms with Crippen molar-refractivity contribution in [1.82, 2.24) is 10.1 Å². The van der Waals surface area contributed by atoms with E-state index in [1.54, 1.807) is 30.3 Å². The van der Waals surface area contributed by atoms with Crippen molar-refractivity contribution in [1.29, 1.82) is 0 Å². The summed E-state index contributed by atoms with van der Waals surface area (Å²) in [5.41, 5.74) is 0.404. The maximum absolute atomic E-state index is 13.6. The molecule has 2 aromatic carbocycles. The van der Waals surface area contributed by atoms with Crippen LogP contribution in [0.5, 0.6) is 0 Å². The Bertz CT molecular complexity index is 816. The molecule has 0 aliphatic rings. The molecule has 0 radical (unpaired) electrons. The van der Waals surface area contributed by atoms with Gasteiger partial charge in [-0.05, 0) is 18.2 Å². The number of halogens is 2. The van der Waals surface area contributed by atoms with Crippen LogP contribution < -0.4 is 0 Å². The van der Waals surface area contributed by atoms with Crippen LogP contribution in [0.25, 0.3) is 11.4 Å². The molecule has 1 aromatic heterocycles. The van der Waals surface area contributed by atoms with Crippen LogP contribution in [0, 0.1) is 11.6 Å². The van der Waals surface area contributed by atoms with Gasteiger partial charge in [-0.2, -0.15) is 4.98 Å². The Kier molecular flexibility index (Phi) is 3.74. The second-order valence-electron chi connectivity index (χ2n) is 4.60. The molecule has 22 heavy (non-hydrogen) atoms. The van der Waals surface area contributed by atoms with Gasteiger partial charge in [-0.25, -0.2) is 8.78 Å². The van der Waals surface area contributed by atoms with Gasteiger partial charge >= 0.3 is 0 Å². The van der Waals surface area contributed by atoms with Crippen LogP contribution in [0.1, 0.15) is 16.2 Å². The summed E-state index contributed by atoms with van der Waals surface area (Å²) >= 11 is 0. The third-order valence-electron chi connectivity index (χ3n) is 3.04. The number of benzene rings is 2. The van der Waals surface area contributed by atoms with Crippen LogP contribution in [-0.4, -0.2) is 15.9 Å². The molecule has 0 aliphatic carbocycles. The number of aromatic nitrogens is 2. The predicted molar refractivity (Wildman–Crippen MR) is 74.1 cm³/mol. The van der Waals surface area contributed by atoms with Gasteiger partial charge in [-0.3, -0.25) is 4.79 Å². The zero-order valence-electron chi connectivity index (χ0n) is 11.3. The summed E-state index contributed by atoms with van der Waals surface area (Å²) in [7, 11) is 0. The smallest absolute Gasteiger partial charge is 0.234 e. The van der Waals surface area contributed by atoms with E-state index in [-0.39, 0.29) is 29.5 Å². The molecule has 0 unspecified atom stereocenters. The van der Waals surface area contributed by atoms with Crippen LogP contribution in [0.2, 0.25) is 0 Å². The maximum Gasteiger partial charge on any atom is 0.234 e. The van der Waals surface area contributed by atoms with E-state index in [4.69, 9.17) is 4.52 Å². The largest absolute Gasteiger partial charge is 0.338 e. The molecule has 0 amide bonds. The van der Waals surface area contributed by atoms with Crippen LogP contribution in [0.15, 0.2) is 53.1 Å². The minimum atomic E-state index is -0.664. The lowest BCUT2D eigenvalue weighted by Gasteiger charge is -1.97. The van der Waals surface area contributed by atoms with Crippen LogP contribution in [0.3, 0.4) is 0 Å². The van der Waals surface area contributed by atoms with E-state index < -0.39 is 11.6 Å².